The van der Waals surface area contributed by atoms with Crippen molar-refractivity contribution >= 4 is 12.3 Å². The molecule has 0 atom stereocenters. The maximum Gasteiger partial charge on any atom is 0.256 e. The number of aryl methyl sites for hydroxylation is 1. The van der Waals surface area contributed by atoms with Crippen LogP contribution in [0.3, 0.4) is 0 Å². The van der Waals surface area contributed by atoms with Crippen molar-refractivity contribution in [1.82, 2.24) is 9.55 Å². The van der Waals surface area contributed by atoms with Gasteiger partial charge in [-0.3, -0.25) is 14.4 Å². The first-order valence-electron chi connectivity index (χ1n) is 3.61. The summed E-state index contributed by atoms with van der Waals surface area (Å²) in [6, 6.07) is 1.49. The van der Waals surface area contributed by atoms with E-state index in [0.29, 0.717) is 18.3 Å². The number of aliphatic imine (C=N–C) groups is 1. The van der Waals surface area contributed by atoms with Crippen molar-refractivity contribution in [3.63, 3.8) is 0 Å². The second-order valence-corrected chi connectivity index (χ2v) is 2.58. The Labute approximate surface area is 68.8 Å². The highest BCUT2D eigenvalue weighted by Gasteiger charge is 2.07. The molecular formula is C7H8N4O. The lowest BCUT2D eigenvalue weighted by Gasteiger charge is -2.12. The van der Waals surface area contributed by atoms with Crippen LogP contribution in [0.15, 0.2) is 15.9 Å². The zero-order chi connectivity index (χ0) is 8.55. The molecule has 5 nitrogen and oxygen atoms in total. The van der Waals surface area contributed by atoms with Gasteiger partial charge in [0.05, 0.1) is 6.34 Å². The zero-order valence-electron chi connectivity index (χ0n) is 6.61. The molecule has 62 valence electrons. The molecule has 1 aromatic rings. The van der Waals surface area contributed by atoms with Crippen LogP contribution < -0.4 is 10.9 Å². The monoisotopic (exact) mass is 164 g/mol. The Morgan fingerprint density at radius 2 is 2.50 bits per heavy atom. The van der Waals surface area contributed by atoms with Gasteiger partial charge in [0, 0.05) is 11.8 Å². The first kappa shape index (κ1) is 7.02. The Bertz CT molecular complexity index is 393. The lowest BCUT2D eigenvalue weighted by Crippen LogP contribution is -2.26. The fourth-order valence-corrected chi connectivity index (χ4v) is 1.09. The molecule has 2 rings (SSSR count). The predicted molar refractivity (Wildman–Crippen MR) is 45.3 cm³/mol. The number of anilines is 1. The van der Waals surface area contributed by atoms with Crippen LogP contribution in [0, 0.1) is 6.92 Å². The van der Waals surface area contributed by atoms with Crippen LogP contribution in [0.25, 0.3) is 0 Å². The summed E-state index contributed by atoms with van der Waals surface area (Å²) in [4.78, 5) is 19.3. The second-order valence-electron chi connectivity index (χ2n) is 2.58. The van der Waals surface area contributed by atoms with E-state index in [4.69, 9.17) is 0 Å². The van der Waals surface area contributed by atoms with Crippen LogP contribution in [0.5, 0.6) is 0 Å². The van der Waals surface area contributed by atoms with E-state index in [1.165, 1.54) is 10.6 Å². The first-order valence-corrected chi connectivity index (χ1v) is 3.61. The first-order chi connectivity index (χ1) is 5.77. The number of hydrogen-bond donors (Lipinski definition) is 1. The summed E-state index contributed by atoms with van der Waals surface area (Å²) < 4.78 is 1.48. The molecule has 0 amide bonds. The summed E-state index contributed by atoms with van der Waals surface area (Å²) in [5.74, 6) is 0.565. The molecule has 0 bridgehead atoms. The number of nitrogens with one attached hydrogen (secondary N) is 1. The van der Waals surface area contributed by atoms with Crippen LogP contribution in [0.2, 0.25) is 0 Å². The standard InChI is InChI=1S/C7H8N4O/c1-5-2-6(12)11-4-8-3-9-7(11)10-5/h2-3H,4H2,1H3,(H,8,9,10). The largest absolute Gasteiger partial charge is 0.316 e. The lowest BCUT2D eigenvalue weighted by atomic mass is 10.4. The van der Waals surface area contributed by atoms with Gasteiger partial charge >= 0.3 is 0 Å². The smallest absolute Gasteiger partial charge is 0.256 e. The van der Waals surface area contributed by atoms with Gasteiger partial charge in [0.1, 0.15) is 6.67 Å². The fourth-order valence-electron chi connectivity index (χ4n) is 1.09. The van der Waals surface area contributed by atoms with E-state index in [1.54, 1.807) is 13.3 Å². The van der Waals surface area contributed by atoms with Crippen LogP contribution in [-0.4, -0.2) is 15.9 Å². The fraction of sp³-hybridized carbons (Fsp3) is 0.286. The van der Waals surface area contributed by atoms with Gasteiger partial charge in [0.25, 0.3) is 5.56 Å². The molecule has 1 aliphatic heterocycles. The van der Waals surface area contributed by atoms with E-state index < -0.39 is 0 Å². The van der Waals surface area contributed by atoms with Gasteiger partial charge < -0.3 is 5.32 Å². The molecule has 2 heterocycles. The highest BCUT2D eigenvalue weighted by Crippen LogP contribution is 2.03. The second kappa shape index (κ2) is 2.44. The molecule has 0 spiro atoms. The van der Waals surface area contributed by atoms with Gasteiger partial charge in [-0.05, 0) is 6.92 Å². The maximum absolute atomic E-state index is 11.3. The Kier molecular flexibility index (Phi) is 1.43. The molecule has 12 heavy (non-hydrogen) atoms. The summed E-state index contributed by atoms with van der Waals surface area (Å²) in [6.07, 6.45) is 1.54. The average molecular weight is 164 g/mol. The number of aromatic nitrogens is 2. The Hall–Kier alpha value is -1.65. The normalized spacial score (nSPS) is 13.8. The zero-order valence-corrected chi connectivity index (χ0v) is 6.61. The molecule has 0 aromatic carbocycles. The van der Waals surface area contributed by atoms with Crippen LogP contribution in [0.1, 0.15) is 5.69 Å². The SMILES string of the molecule is Cc1cc(=O)n2c(n1)NC=NC2. The highest BCUT2D eigenvalue weighted by molar-refractivity contribution is 5.73. The summed E-state index contributed by atoms with van der Waals surface area (Å²) in [7, 11) is 0. The molecule has 0 fully saturated rings. The molecule has 0 aliphatic carbocycles. The number of rotatable bonds is 0. The molecule has 0 radical (unpaired) electrons. The lowest BCUT2D eigenvalue weighted by molar-refractivity contribution is 0.684. The van der Waals surface area contributed by atoms with E-state index in [0.717, 1.165) is 0 Å². The molecule has 0 saturated carbocycles. The Balaban J connectivity index is 2.65. The number of nitrogens with zero attached hydrogens (tertiary/aromatic N) is 3. The molecular weight excluding hydrogens is 156 g/mol. The minimum Gasteiger partial charge on any atom is -0.316 e. The summed E-state index contributed by atoms with van der Waals surface area (Å²) in [5.41, 5.74) is 0.649. The van der Waals surface area contributed by atoms with E-state index in [1.807, 2.05) is 0 Å². The van der Waals surface area contributed by atoms with Crippen molar-refractivity contribution < 1.29 is 0 Å². The van der Waals surface area contributed by atoms with E-state index in [9.17, 15) is 4.79 Å². The van der Waals surface area contributed by atoms with Gasteiger partial charge in [0.15, 0.2) is 0 Å². The minimum absolute atomic E-state index is 0.0677. The average Bonchev–Trinajstić information content (AvgIpc) is 2.04. The summed E-state index contributed by atoms with van der Waals surface area (Å²) in [5, 5.41) is 2.80. The highest BCUT2D eigenvalue weighted by atomic mass is 16.1. The third-order valence-corrected chi connectivity index (χ3v) is 1.64. The number of hydrogen-bond acceptors (Lipinski definition) is 4. The Morgan fingerprint density at radius 3 is 3.33 bits per heavy atom. The van der Waals surface area contributed by atoms with Crippen molar-refractivity contribution in [1.29, 1.82) is 0 Å². The molecule has 0 saturated heterocycles. The van der Waals surface area contributed by atoms with Gasteiger partial charge in [0.2, 0.25) is 5.95 Å². The van der Waals surface area contributed by atoms with E-state index in [-0.39, 0.29) is 5.56 Å². The van der Waals surface area contributed by atoms with Gasteiger partial charge in [-0.2, -0.15) is 0 Å². The quantitative estimate of drug-likeness (QED) is 0.585. The van der Waals surface area contributed by atoms with Crippen LogP contribution in [0.4, 0.5) is 5.95 Å². The molecule has 0 unspecified atom stereocenters. The topological polar surface area (TPSA) is 59.3 Å². The van der Waals surface area contributed by atoms with Crippen molar-refractivity contribution in [2.45, 2.75) is 13.6 Å². The molecule has 1 aliphatic rings. The third kappa shape index (κ3) is 0.990. The predicted octanol–water partition coefficient (Wildman–Crippen LogP) is -0.0370. The number of fused-ring (bicyclic) bond motifs is 1. The van der Waals surface area contributed by atoms with Crippen molar-refractivity contribution in [2.24, 2.45) is 4.99 Å². The molecule has 5 heteroatoms. The van der Waals surface area contributed by atoms with E-state index >= 15 is 0 Å². The Morgan fingerprint density at radius 1 is 1.67 bits per heavy atom. The molecule has 1 aromatic heterocycles. The summed E-state index contributed by atoms with van der Waals surface area (Å²) in [6.45, 7) is 2.14. The van der Waals surface area contributed by atoms with Gasteiger partial charge in [-0.15, -0.1) is 0 Å². The third-order valence-electron chi connectivity index (χ3n) is 1.64. The van der Waals surface area contributed by atoms with Crippen molar-refractivity contribution in [3.8, 4) is 0 Å². The van der Waals surface area contributed by atoms with E-state index in [2.05, 4.69) is 15.3 Å². The summed E-state index contributed by atoms with van der Waals surface area (Å²) >= 11 is 0. The van der Waals surface area contributed by atoms with Gasteiger partial charge in [-0.25, -0.2) is 4.98 Å². The van der Waals surface area contributed by atoms with Gasteiger partial charge in [-0.1, -0.05) is 0 Å². The van der Waals surface area contributed by atoms with Crippen LogP contribution in [-0.2, 0) is 6.67 Å². The van der Waals surface area contributed by atoms with Crippen molar-refractivity contribution in [2.75, 3.05) is 5.32 Å². The van der Waals surface area contributed by atoms with Crippen LogP contribution >= 0.6 is 0 Å². The van der Waals surface area contributed by atoms with Crippen molar-refractivity contribution in [3.05, 3.63) is 22.1 Å². The minimum atomic E-state index is -0.0677. The molecule has 1 N–H and O–H groups in total. The maximum atomic E-state index is 11.3.